The van der Waals surface area contributed by atoms with Gasteiger partial charge in [-0.15, -0.1) is 0 Å². The van der Waals surface area contributed by atoms with Gasteiger partial charge in [-0.2, -0.15) is 8.42 Å². The number of aryl methyl sites for hydroxylation is 1. The van der Waals surface area contributed by atoms with Crippen molar-refractivity contribution in [2.24, 2.45) is 0 Å². The van der Waals surface area contributed by atoms with E-state index in [9.17, 15) is 17.8 Å². The standard InChI is InChI=1S/C20H17ClN2O4S/c1-2-13-3-9-17(22-12-13)14-4-6-15(7-5-14)20(24)23-18-10-8-16(21)11-19(18)28(25,26)27/h3-12H,2H2,1H3,(H,23,24)(H,25,26,27). The Morgan fingerprint density at radius 2 is 1.82 bits per heavy atom. The zero-order valence-electron chi connectivity index (χ0n) is 14.9. The van der Waals surface area contributed by atoms with Crippen molar-refractivity contribution in [1.29, 1.82) is 0 Å². The molecule has 8 heteroatoms. The molecule has 3 rings (SSSR count). The lowest BCUT2D eigenvalue weighted by Crippen LogP contribution is -2.14. The van der Waals surface area contributed by atoms with Gasteiger partial charge < -0.3 is 5.32 Å². The molecule has 0 aliphatic heterocycles. The van der Waals surface area contributed by atoms with E-state index in [2.05, 4.69) is 17.2 Å². The summed E-state index contributed by atoms with van der Waals surface area (Å²) < 4.78 is 32.4. The van der Waals surface area contributed by atoms with Gasteiger partial charge in [-0.05, 0) is 48.4 Å². The van der Waals surface area contributed by atoms with Crippen LogP contribution in [0.15, 0.2) is 65.7 Å². The molecule has 2 N–H and O–H groups in total. The molecule has 0 saturated heterocycles. The summed E-state index contributed by atoms with van der Waals surface area (Å²) in [5.41, 5.74) is 3.04. The fraction of sp³-hybridized carbons (Fsp3) is 0.100. The molecule has 0 spiro atoms. The maximum Gasteiger partial charge on any atom is 0.296 e. The molecule has 0 bridgehead atoms. The molecule has 144 valence electrons. The molecule has 1 heterocycles. The highest BCUT2D eigenvalue weighted by Gasteiger charge is 2.18. The van der Waals surface area contributed by atoms with Crippen molar-refractivity contribution < 1.29 is 17.8 Å². The van der Waals surface area contributed by atoms with E-state index in [1.54, 1.807) is 24.3 Å². The molecule has 0 radical (unpaired) electrons. The highest BCUT2D eigenvalue weighted by Crippen LogP contribution is 2.26. The van der Waals surface area contributed by atoms with E-state index in [0.29, 0.717) is 5.56 Å². The summed E-state index contributed by atoms with van der Waals surface area (Å²) in [6.45, 7) is 2.05. The Bertz CT molecular complexity index is 1110. The molecule has 0 unspecified atom stereocenters. The summed E-state index contributed by atoms with van der Waals surface area (Å²) in [5, 5.41) is 2.60. The molecule has 2 aromatic carbocycles. The Morgan fingerprint density at radius 1 is 1.11 bits per heavy atom. The lowest BCUT2D eigenvalue weighted by Gasteiger charge is -2.10. The molecule has 0 aliphatic rings. The first-order valence-electron chi connectivity index (χ1n) is 8.41. The fourth-order valence-corrected chi connectivity index (χ4v) is 3.51. The van der Waals surface area contributed by atoms with Crippen molar-refractivity contribution in [3.8, 4) is 11.3 Å². The lowest BCUT2D eigenvalue weighted by atomic mass is 10.1. The Morgan fingerprint density at radius 3 is 2.39 bits per heavy atom. The number of hydrogen-bond acceptors (Lipinski definition) is 4. The first kappa shape index (κ1) is 20.0. The minimum atomic E-state index is -4.54. The van der Waals surface area contributed by atoms with E-state index in [4.69, 9.17) is 11.6 Å². The van der Waals surface area contributed by atoms with Gasteiger partial charge in [0.1, 0.15) is 4.90 Å². The normalized spacial score (nSPS) is 11.2. The number of anilines is 1. The summed E-state index contributed by atoms with van der Waals surface area (Å²) >= 11 is 5.78. The Kier molecular flexibility index (Phi) is 5.79. The van der Waals surface area contributed by atoms with Gasteiger partial charge in [-0.1, -0.05) is 36.7 Å². The van der Waals surface area contributed by atoms with Gasteiger partial charge >= 0.3 is 0 Å². The molecule has 28 heavy (non-hydrogen) atoms. The second kappa shape index (κ2) is 8.10. The van der Waals surface area contributed by atoms with Crippen LogP contribution < -0.4 is 5.32 Å². The van der Waals surface area contributed by atoms with E-state index in [1.807, 2.05) is 18.3 Å². The number of aromatic nitrogens is 1. The van der Waals surface area contributed by atoms with E-state index >= 15 is 0 Å². The number of rotatable bonds is 5. The summed E-state index contributed by atoms with van der Waals surface area (Å²) in [5.74, 6) is -0.520. The number of amides is 1. The van der Waals surface area contributed by atoms with Gasteiger partial charge in [0.15, 0.2) is 0 Å². The van der Waals surface area contributed by atoms with Crippen LogP contribution in [0, 0.1) is 0 Å². The van der Waals surface area contributed by atoms with Crippen molar-refractivity contribution in [3.05, 3.63) is 76.9 Å². The number of carbonyl (C=O) groups is 1. The molecule has 0 atom stereocenters. The molecular weight excluding hydrogens is 400 g/mol. The molecule has 0 fully saturated rings. The average molecular weight is 417 g/mol. The number of nitrogens with one attached hydrogen (secondary N) is 1. The Labute approximate surface area is 168 Å². The van der Waals surface area contributed by atoms with E-state index in [-0.39, 0.29) is 10.7 Å². The second-order valence-corrected chi connectivity index (χ2v) is 7.88. The zero-order chi connectivity index (χ0) is 20.3. The molecule has 3 aromatic rings. The van der Waals surface area contributed by atoms with Crippen LogP contribution in [0.3, 0.4) is 0 Å². The smallest absolute Gasteiger partial charge is 0.296 e. The van der Waals surface area contributed by atoms with Gasteiger partial charge in [-0.3, -0.25) is 14.3 Å². The van der Waals surface area contributed by atoms with Crippen molar-refractivity contribution in [3.63, 3.8) is 0 Å². The predicted molar refractivity (Wildman–Crippen MR) is 108 cm³/mol. The lowest BCUT2D eigenvalue weighted by molar-refractivity contribution is 0.102. The second-order valence-electron chi connectivity index (χ2n) is 6.05. The minimum absolute atomic E-state index is 0.0576. The Hall–Kier alpha value is -2.74. The number of carbonyl (C=O) groups excluding carboxylic acids is 1. The highest BCUT2D eigenvalue weighted by molar-refractivity contribution is 7.86. The van der Waals surface area contributed by atoms with Crippen LogP contribution in [0.4, 0.5) is 5.69 Å². The first-order valence-corrected chi connectivity index (χ1v) is 10.2. The maximum absolute atomic E-state index is 12.5. The van der Waals surface area contributed by atoms with Crippen LogP contribution in [0.1, 0.15) is 22.8 Å². The topological polar surface area (TPSA) is 96.4 Å². The third kappa shape index (κ3) is 4.56. The van der Waals surface area contributed by atoms with Gasteiger partial charge in [0.25, 0.3) is 16.0 Å². The van der Waals surface area contributed by atoms with Crippen LogP contribution in [0.2, 0.25) is 5.02 Å². The van der Waals surface area contributed by atoms with Gasteiger partial charge in [0.05, 0.1) is 11.4 Å². The van der Waals surface area contributed by atoms with Crippen LogP contribution in [-0.2, 0) is 16.5 Å². The first-order chi connectivity index (χ1) is 13.3. The highest BCUT2D eigenvalue weighted by atomic mass is 35.5. The van der Waals surface area contributed by atoms with E-state index < -0.39 is 20.9 Å². The molecule has 6 nitrogen and oxygen atoms in total. The predicted octanol–water partition coefficient (Wildman–Crippen LogP) is 4.46. The molecular formula is C20H17ClN2O4S. The quantitative estimate of drug-likeness (QED) is 0.598. The molecule has 0 saturated carbocycles. The summed E-state index contributed by atoms with van der Waals surface area (Å²) in [4.78, 5) is 16.4. The van der Waals surface area contributed by atoms with Crippen molar-refractivity contribution >= 4 is 33.3 Å². The van der Waals surface area contributed by atoms with Gasteiger partial charge in [0, 0.05) is 22.3 Å². The van der Waals surface area contributed by atoms with E-state index in [1.165, 1.54) is 12.1 Å². The minimum Gasteiger partial charge on any atom is -0.321 e. The van der Waals surface area contributed by atoms with Crippen LogP contribution in [0.5, 0.6) is 0 Å². The van der Waals surface area contributed by atoms with E-state index in [0.717, 1.165) is 29.3 Å². The summed E-state index contributed by atoms with van der Waals surface area (Å²) in [6.07, 6.45) is 2.72. The zero-order valence-corrected chi connectivity index (χ0v) is 16.5. The third-order valence-electron chi connectivity index (χ3n) is 4.15. The van der Waals surface area contributed by atoms with Gasteiger partial charge in [-0.25, -0.2) is 0 Å². The maximum atomic E-state index is 12.5. The Balaban J connectivity index is 1.82. The number of pyridine rings is 1. The van der Waals surface area contributed by atoms with Gasteiger partial charge in [0.2, 0.25) is 0 Å². The molecule has 1 amide bonds. The number of nitrogens with zero attached hydrogens (tertiary/aromatic N) is 1. The largest absolute Gasteiger partial charge is 0.321 e. The number of halogens is 1. The number of benzene rings is 2. The molecule has 0 aliphatic carbocycles. The fourth-order valence-electron chi connectivity index (χ4n) is 2.60. The van der Waals surface area contributed by atoms with Crippen LogP contribution >= 0.6 is 11.6 Å². The van der Waals surface area contributed by atoms with Crippen LogP contribution in [-0.4, -0.2) is 23.9 Å². The monoisotopic (exact) mass is 416 g/mol. The van der Waals surface area contributed by atoms with Crippen molar-refractivity contribution in [2.75, 3.05) is 5.32 Å². The number of hydrogen-bond donors (Lipinski definition) is 2. The molecule has 1 aromatic heterocycles. The SMILES string of the molecule is CCc1ccc(-c2ccc(C(=O)Nc3ccc(Cl)cc3S(=O)(=O)O)cc2)nc1. The van der Waals surface area contributed by atoms with Crippen molar-refractivity contribution in [2.45, 2.75) is 18.2 Å². The van der Waals surface area contributed by atoms with Crippen LogP contribution in [0.25, 0.3) is 11.3 Å². The summed E-state index contributed by atoms with van der Waals surface area (Å²) in [7, 11) is -4.54. The summed E-state index contributed by atoms with van der Waals surface area (Å²) in [6, 6.07) is 14.5. The third-order valence-corrected chi connectivity index (χ3v) is 5.27. The van der Waals surface area contributed by atoms with Crippen molar-refractivity contribution in [1.82, 2.24) is 4.98 Å². The average Bonchev–Trinajstić information content (AvgIpc) is 2.68.